The Morgan fingerprint density at radius 1 is 1.07 bits per heavy atom. The zero-order valence-corrected chi connectivity index (χ0v) is 16.6. The second-order valence-corrected chi connectivity index (χ2v) is 7.52. The third kappa shape index (κ3) is 3.68. The fourth-order valence-electron chi connectivity index (χ4n) is 3.22. The van der Waals surface area contributed by atoms with Crippen LogP contribution in [0.5, 0.6) is 0 Å². The molecule has 1 aromatic heterocycles. The van der Waals surface area contributed by atoms with Crippen molar-refractivity contribution in [3.8, 4) is 5.69 Å². The monoisotopic (exact) mass is 392 g/mol. The molecular weight excluding hydrogens is 372 g/mol. The van der Waals surface area contributed by atoms with Crippen LogP contribution in [0.4, 0.5) is 0 Å². The number of rotatable bonds is 5. The van der Waals surface area contributed by atoms with Crippen molar-refractivity contribution in [1.29, 1.82) is 0 Å². The van der Waals surface area contributed by atoms with E-state index in [-0.39, 0.29) is 11.7 Å². The molecule has 0 atom stereocenters. The van der Waals surface area contributed by atoms with Gasteiger partial charge in [0.05, 0.1) is 23.7 Å². The average molecular weight is 392 g/mol. The van der Waals surface area contributed by atoms with Gasteiger partial charge >= 0.3 is 0 Å². The summed E-state index contributed by atoms with van der Waals surface area (Å²) >= 11 is 1.32. The zero-order valence-electron chi connectivity index (χ0n) is 15.7. The van der Waals surface area contributed by atoms with E-state index in [1.165, 1.54) is 11.8 Å². The summed E-state index contributed by atoms with van der Waals surface area (Å²) in [5.74, 6) is 0.184. The predicted octanol–water partition coefficient (Wildman–Crippen LogP) is 3.01. The van der Waals surface area contributed by atoms with E-state index in [0.29, 0.717) is 11.7 Å². The van der Waals surface area contributed by atoms with Crippen LogP contribution in [0.2, 0.25) is 0 Å². The van der Waals surface area contributed by atoms with Crippen LogP contribution in [0, 0.1) is 13.8 Å². The molecule has 28 heavy (non-hydrogen) atoms. The van der Waals surface area contributed by atoms with E-state index in [1.807, 2.05) is 62.4 Å². The van der Waals surface area contributed by atoms with Crippen LogP contribution in [0.25, 0.3) is 5.69 Å². The summed E-state index contributed by atoms with van der Waals surface area (Å²) < 4.78 is 1.70. The topological polar surface area (TPSA) is 76.3 Å². The number of para-hydroxylation sites is 1. The molecule has 1 aliphatic heterocycles. The molecule has 0 N–H and O–H groups in total. The van der Waals surface area contributed by atoms with Gasteiger partial charge in [0.15, 0.2) is 0 Å². The molecule has 142 valence electrons. The molecule has 7 nitrogen and oxygen atoms in total. The quantitative estimate of drug-likeness (QED) is 0.624. The first-order chi connectivity index (χ1) is 13.6. The van der Waals surface area contributed by atoms with Gasteiger partial charge in [-0.3, -0.25) is 4.79 Å². The Morgan fingerprint density at radius 3 is 2.57 bits per heavy atom. The van der Waals surface area contributed by atoms with E-state index in [9.17, 15) is 4.79 Å². The van der Waals surface area contributed by atoms with E-state index >= 15 is 0 Å². The van der Waals surface area contributed by atoms with Gasteiger partial charge in [-0.25, -0.2) is 5.01 Å². The lowest BCUT2D eigenvalue weighted by molar-refractivity contribution is -0.127. The first-order valence-corrected chi connectivity index (χ1v) is 10.0. The molecule has 0 fully saturated rings. The number of hydrogen-bond acceptors (Lipinski definition) is 6. The molecule has 1 aliphatic rings. The van der Waals surface area contributed by atoms with Crippen molar-refractivity contribution < 1.29 is 4.79 Å². The van der Waals surface area contributed by atoms with Crippen molar-refractivity contribution in [3.05, 3.63) is 65.2 Å². The lowest BCUT2D eigenvalue weighted by atomic mass is 10.1. The van der Waals surface area contributed by atoms with E-state index in [2.05, 4.69) is 20.6 Å². The molecule has 0 saturated carbocycles. The van der Waals surface area contributed by atoms with Gasteiger partial charge in [0.2, 0.25) is 5.16 Å². The number of tetrazole rings is 1. The first-order valence-electron chi connectivity index (χ1n) is 9.04. The van der Waals surface area contributed by atoms with Crippen molar-refractivity contribution >= 4 is 23.4 Å². The number of aromatic nitrogens is 4. The third-order valence-electron chi connectivity index (χ3n) is 4.61. The number of hydrogen-bond donors (Lipinski definition) is 0. The van der Waals surface area contributed by atoms with E-state index < -0.39 is 0 Å². The zero-order chi connectivity index (χ0) is 19.5. The molecule has 3 aromatic rings. The summed E-state index contributed by atoms with van der Waals surface area (Å²) in [6, 6.07) is 16.0. The number of amides is 1. The minimum absolute atomic E-state index is 0.0491. The molecule has 2 aromatic carbocycles. The van der Waals surface area contributed by atoms with Gasteiger partial charge in [0.25, 0.3) is 5.91 Å². The average Bonchev–Trinajstić information content (AvgIpc) is 3.37. The van der Waals surface area contributed by atoms with Crippen molar-refractivity contribution in [2.24, 2.45) is 5.10 Å². The summed E-state index contributed by atoms with van der Waals surface area (Å²) in [5.41, 5.74) is 5.12. The summed E-state index contributed by atoms with van der Waals surface area (Å²) in [7, 11) is 0. The molecule has 0 aliphatic carbocycles. The lowest BCUT2D eigenvalue weighted by Crippen LogP contribution is -2.25. The smallest absolute Gasteiger partial charge is 0.253 e. The third-order valence-corrected chi connectivity index (χ3v) is 5.52. The van der Waals surface area contributed by atoms with Crippen molar-refractivity contribution in [1.82, 2.24) is 25.2 Å². The molecule has 0 spiro atoms. The molecule has 8 heteroatoms. The Hall–Kier alpha value is -3.00. The number of aryl methyl sites for hydroxylation is 2. The van der Waals surface area contributed by atoms with Crippen LogP contribution in [-0.2, 0) is 4.79 Å². The highest BCUT2D eigenvalue weighted by atomic mass is 32.2. The number of carbonyl (C=O) groups is 1. The normalized spacial score (nSPS) is 13.6. The van der Waals surface area contributed by atoms with Crippen molar-refractivity contribution in [2.75, 3.05) is 12.3 Å². The number of thioether (sulfide) groups is 1. The molecule has 2 heterocycles. The molecule has 1 amide bonds. The second-order valence-electron chi connectivity index (χ2n) is 6.58. The molecule has 0 saturated heterocycles. The first kappa shape index (κ1) is 18.4. The van der Waals surface area contributed by atoms with Crippen LogP contribution in [-0.4, -0.2) is 49.1 Å². The van der Waals surface area contributed by atoms with Crippen LogP contribution in [0.15, 0.2) is 58.8 Å². The largest absolute Gasteiger partial charge is 0.272 e. The Balaban J connectivity index is 1.46. The van der Waals surface area contributed by atoms with Gasteiger partial charge in [-0.15, -0.1) is 5.10 Å². The number of benzene rings is 2. The Kier molecular flexibility index (Phi) is 5.21. The van der Waals surface area contributed by atoms with Gasteiger partial charge in [-0.05, 0) is 41.0 Å². The summed E-state index contributed by atoms with van der Waals surface area (Å²) in [4.78, 5) is 12.6. The fraction of sp³-hybridized carbons (Fsp3) is 0.250. The maximum Gasteiger partial charge on any atom is 0.253 e. The summed E-state index contributed by atoms with van der Waals surface area (Å²) in [6.07, 6.45) is 0.764. The molecule has 0 radical (unpaired) electrons. The van der Waals surface area contributed by atoms with E-state index in [4.69, 9.17) is 0 Å². The Morgan fingerprint density at radius 2 is 1.82 bits per heavy atom. The predicted molar refractivity (Wildman–Crippen MR) is 109 cm³/mol. The minimum atomic E-state index is -0.0491. The highest BCUT2D eigenvalue weighted by molar-refractivity contribution is 7.99. The van der Waals surface area contributed by atoms with Crippen molar-refractivity contribution in [2.45, 2.75) is 25.4 Å². The highest BCUT2D eigenvalue weighted by Crippen LogP contribution is 2.24. The van der Waals surface area contributed by atoms with Crippen molar-refractivity contribution in [3.63, 3.8) is 0 Å². The van der Waals surface area contributed by atoms with E-state index in [1.54, 1.807) is 9.69 Å². The van der Waals surface area contributed by atoms with Gasteiger partial charge in [0, 0.05) is 6.42 Å². The highest BCUT2D eigenvalue weighted by Gasteiger charge is 2.23. The van der Waals surface area contributed by atoms with Gasteiger partial charge in [-0.2, -0.15) is 9.78 Å². The fourth-order valence-corrected chi connectivity index (χ4v) is 3.97. The maximum atomic E-state index is 12.6. The molecule has 0 unspecified atom stereocenters. The minimum Gasteiger partial charge on any atom is -0.272 e. The molecular formula is C20H20N6OS. The van der Waals surface area contributed by atoms with Crippen LogP contribution < -0.4 is 0 Å². The lowest BCUT2D eigenvalue weighted by Gasteiger charge is -2.12. The summed E-state index contributed by atoms with van der Waals surface area (Å²) in [6.45, 7) is 4.65. The number of hydrazone groups is 1. The number of nitrogens with zero attached hydrogens (tertiary/aromatic N) is 6. The maximum absolute atomic E-state index is 12.6. The second kappa shape index (κ2) is 7.93. The van der Waals surface area contributed by atoms with E-state index in [0.717, 1.165) is 34.5 Å². The van der Waals surface area contributed by atoms with Gasteiger partial charge in [0.1, 0.15) is 0 Å². The van der Waals surface area contributed by atoms with Crippen LogP contribution in [0.1, 0.15) is 23.1 Å². The van der Waals surface area contributed by atoms with Crippen LogP contribution >= 0.6 is 11.8 Å². The standard InChI is InChI=1S/C20H20N6OS/c1-14-7-6-8-15(2)19(14)26-20(21-23-24-26)28-13-18(27)25-12-11-17(22-25)16-9-4-3-5-10-16/h3-10H,11-13H2,1-2H3. The Labute approximate surface area is 167 Å². The van der Waals surface area contributed by atoms with Gasteiger partial charge < -0.3 is 0 Å². The summed E-state index contributed by atoms with van der Waals surface area (Å²) in [5, 5.41) is 18.6. The molecule has 0 bridgehead atoms. The SMILES string of the molecule is Cc1cccc(C)c1-n1nnnc1SCC(=O)N1CCC(c2ccccc2)=N1. The number of carbonyl (C=O) groups excluding carboxylic acids is 1. The molecule has 4 rings (SSSR count). The Bertz CT molecular complexity index is 1010. The van der Waals surface area contributed by atoms with Crippen LogP contribution in [0.3, 0.4) is 0 Å². The van der Waals surface area contributed by atoms with Gasteiger partial charge in [-0.1, -0.05) is 60.3 Å².